The molecule has 0 saturated carbocycles. The summed E-state index contributed by atoms with van der Waals surface area (Å²) >= 11 is 0. The monoisotopic (exact) mass is 279 g/mol. The van der Waals surface area contributed by atoms with E-state index in [9.17, 15) is 4.79 Å². The highest BCUT2D eigenvalue weighted by molar-refractivity contribution is 5.96. The van der Waals surface area contributed by atoms with Crippen LogP contribution in [-0.4, -0.2) is 49.1 Å². The maximum atomic E-state index is 11.5. The van der Waals surface area contributed by atoms with E-state index < -0.39 is 0 Å². The van der Waals surface area contributed by atoms with Gasteiger partial charge in [0.2, 0.25) is 0 Å². The minimum atomic E-state index is 0.0259. The van der Waals surface area contributed by atoms with Crippen molar-refractivity contribution in [1.82, 2.24) is 4.90 Å². The van der Waals surface area contributed by atoms with E-state index in [0.29, 0.717) is 17.9 Å². The second-order valence-electron chi connectivity index (χ2n) is 4.99. The third-order valence-corrected chi connectivity index (χ3v) is 3.19. The molecule has 0 fully saturated rings. The van der Waals surface area contributed by atoms with Gasteiger partial charge in [-0.15, -0.1) is 0 Å². The zero-order chi connectivity index (χ0) is 14.8. The fraction of sp³-hybridized carbons (Fsp3) is 0.562. The quantitative estimate of drug-likeness (QED) is 0.527. The number of hydrogen-bond acceptors (Lipinski definition) is 4. The summed E-state index contributed by atoms with van der Waals surface area (Å²) in [5.74, 6) is 0.687. The van der Waals surface area contributed by atoms with E-state index in [1.807, 2.05) is 18.2 Å². The van der Waals surface area contributed by atoms with Crippen LogP contribution in [-0.2, 0) is 0 Å². The van der Waals surface area contributed by atoms with Gasteiger partial charge in [0.25, 0.3) is 0 Å². The highest BCUT2D eigenvalue weighted by atomic mass is 16.5. The second kappa shape index (κ2) is 9.50. The molecule has 0 spiro atoms. The number of para-hydroxylation sites is 1. The molecule has 0 aliphatic carbocycles. The van der Waals surface area contributed by atoms with Crippen molar-refractivity contribution >= 4 is 5.78 Å². The number of aliphatic hydroxyl groups is 1. The first-order chi connectivity index (χ1) is 9.65. The number of Topliss-reactive ketones (excluding diaryl/α,β-unsaturated/α-hetero) is 1. The molecule has 0 aliphatic rings. The number of likely N-dealkylation sites (N-methyl/N-ethyl adjacent to an activating group) is 1. The molecule has 0 amide bonds. The average Bonchev–Trinajstić information content (AvgIpc) is 2.44. The lowest BCUT2D eigenvalue weighted by atomic mass is 10.1. The third kappa shape index (κ3) is 6.17. The molecule has 20 heavy (non-hydrogen) atoms. The van der Waals surface area contributed by atoms with Gasteiger partial charge in [0, 0.05) is 13.2 Å². The fourth-order valence-electron chi connectivity index (χ4n) is 1.98. The largest absolute Gasteiger partial charge is 0.491 e. The normalized spacial score (nSPS) is 10.8. The van der Waals surface area contributed by atoms with Gasteiger partial charge in [0.05, 0.1) is 5.56 Å². The SMILES string of the molecule is CC(=O)c1ccccc1OCCN(C)CCCCCO. The van der Waals surface area contributed by atoms with Crippen LogP contribution >= 0.6 is 0 Å². The summed E-state index contributed by atoms with van der Waals surface area (Å²) in [7, 11) is 2.05. The average molecular weight is 279 g/mol. The van der Waals surface area contributed by atoms with Crippen molar-refractivity contribution in [3.05, 3.63) is 29.8 Å². The Hall–Kier alpha value is -1.39. The lowest BCUT2D eigenvalue weighted by molar-refractivity contribution is 0.101. The number of rotatable bonds is 10. The van der Waals surface area contributed by atoms with Crippen LogP contribution in [0.25, 0.3) is 0 Å². The number of nitrogens with zero attached hydrogens (tertiary/aromatic N) is 1. The van der Waals surface area contributed by atoms with Crippen molar-refractivity contribution in [2.75, 3.05) is 33.4 Å². The van der Waals surface area contributed by atoms with Crippen LogP contribution in [0.1, 0.15) is 36.5 Å². The Morgan fingerprint density at radius 2 is 1.95 bits per heavy atom. The Morgan fingerprint density at radius 3 is 2.65 bits per heavy atom. The summed E-state index contributed by atoms with van der Waals surface area (Å²) in [6.45, 7) is 4.22. The molecule has 1 N–H and O–H groups in total. The molecule has 1 rings (SSSR count). The summed E-state index contributed by atoms with van der Waals surface area (Å²) in [5, 5.41) is 8.71. The number of ketones is 1. The Morgan fingerprint density at radius 1 is 1.20 bits per heavy atom. The van der Waals surface area contributed by atoms with Crippen LogP contribution in [0.2, 0.25) is 0 Å². The number of ether oxygens (including phenoxy) is 1. The van der Waals surface area contributed by atoms with Gasteiger partial charge >= 0.3 is 0 Å². The van der Waals surface area contributed by atoms with Crippen LogP contribution in [0.4, 0.5) is 0 Å². The van der Waals surface area contributed by atoms with Crippen molar-refractivity contribution in [3.8, 4) is 5.75 Å². The highest BCUT2D eigenvalue weighted by Gasteiger charge is 2.07. The zero-order valence-corrected chi connectivity index (χ0v) is 12.5. The van der Waals surface area contributed by atoms with E-state index in [1.54, 1.807) is 13.0 Å². The molecule has 0 unspecified atom stereocenters. The lowest BCUT2D eigenvalue weighted by Gasteiger charge is -2.17. The summed E-state index contributed by atoms with van der Waals surface area (Å²) in [6.07, 6.45) is 3.01. The minimum Gasteiger partial charge on any atom is -0.491 e. The van der Waals surface area contributed by atoms with E-state index in [2.05, 4.69) is 11.9 Å². The van der Waals surface area contributed by atoms with Gasteiger partial charge in [-0.25, -0.2) is 0 Å². The topological polar surface area (TPSA) is 49.8 Å². The molecular weight excluding hydrogens is 254 g/mol. The maximum Gasteiger partial charge on any atom is 0.163 e. The molecule has 0 aromatic heterocycles. The van der Waals surface area contributed by atoms with Crippen LogP contribution in [0.5, 0.6) is 5.75 Å². The molecule has 1 aromatic rings. The molecule has 4 heteroatoms. The Labute approximate surface area is 121 Å². The van der Waals surface area contributed by atoms with Gasteiger partial charge in [-0.3, -0.25) is 4.79 Å². The first-order valence-corrected chi connectivity index (χ1v) is 7.17. The number of aliphatic hydroxyl groups excluding tert-OH is 1. The van der Waals surface area contributed by atoms with Crippen LogP contribution in [0, 0.1) is 0 Å². The van der Waals surface area contributed by atoms with Crippen LogP contribution in [0.3, 0.4) is 0 Å². The Balaban J connectivity index is 2.28. The number of carbonyl (C=O) groups excluding carboxylic acids is 1. The van der Waals surface area contributed by atoms with E-state index in [-0.39, 0.29) is 12.4 Å². The standard InChI is InChI=1S/C16H25NO3/c1-14(19)15-8-4-5-9-16(15)20-13-11-17(2)10-6-3-7-12-18/h4-5,8-9,18H,3,6-7,10-13H2,1-2H3. The lowest BCUT2D eigenvalue weighted by Crippen LogP contribution is -2.25. The van der Waals surface area contributed by atoms with Crippen molar-refractivity contribution in [2.24, 2.45) is 0 Å². The molecule has 0 atom stereocenters. The van der Waals surface area contributed by atoms with Crippen LogP contribution in [0.15, 0.2) is 24.3 Å². The van der Waals surface area contributed by atoms with E-state index in [0.717, 1.165) is 32.4 Å². The van der Waals surface area contributed by atoms with E-state index >= 15 is 0 Å². The summed E-state index contributed by atoms with van der Waals surface area (Å²) in [5.41, 5.74) is 0.637. The fourth-order valence-corrected chi connectivity index (χ4v) is 1.98. The number of hydrogen-bond donors (Lipinski definition) is 1. The molecular formula is C16H25NO3. The third-order valence-electron chi connectivity index (χ3n) is 3.19. The van der Waals surface area contributed by atoms with Gasteiger partial charge in [-0.1, -0.05) is 12.1 Å². The molecule has 1 aromatic carbocycles. The summed E-state index contributed by atoms with van der Waals surface area (Å²) in [6, 6.07) is 7.34. The molecule has 0 radical (unpaired) electrons. The number of benzene rings is 1. The van der Waals surface area contributed by atoms with Gasteiger partial charge in [-0.05, 0) is 51.9 Å². The van der Waals surface area contributed by atoms with Crippen molar-refractivity contribution in [1.29, 1.82) is 0 Å². The first-order valence-electron chi connectivity index (χ1n) is 7.17. The van der Waals surface area contributed by atoms with Gasteiger partial charge in [0.15, 0.2) is 5.78 Å². The molecule has 0 saturated heterocycles. The first kappa shape index (κ1) is 16.7. The molecule has 112 valence electrons. The number of unbranched alkanes of at least 4 members (excludes halogenated alkanes) is 2. The van der Waals surface area contributed by atoms with Gasteiger partial charge in [0.1, 0.15) is 12.4 Å². The Bertz CT molecular complexity index is 406. The molecule has 4 nitrogen and oxygen atoms in total. The van der Waals surface area contributed by atoms with Crippen molar-refractivity contribution in [2.45, 2.75) is 26.2 Å². The highest BCUT2D eigenvalue weighted by Crippen LogP contribution is 2.18. The Kier molecular flexibility index (Phi) is 7.92. The van der Waals surface area contributed by atoms with E-state index in [4.69, 9.17) is 9.84 Å². The molecule has 0 bridgehead atoms. The number of carbonyl (C=O) groups is 1. The van der Waals surface area contributed by atoms with Gasteiger partial charge in [-0.2, -0.15) is 0 Å². The summed E-state index contributed by atoms with van der Waals surface area (Å²) in [4.78, 5) is 13.7. The van der Waals surface area contributed by atoms with Crippen molar-refractivity contribution in [3.63, 3.8) is 0 Å². The maximum absolute atomic E-state index is 11.5. The van der Waals surface area contributed by atoms with Crippen LogP contribution < -0.4 is 4.74 Å². The minimum absolute atomic E-state index is 0.0259. The summed E-state index contributed by atoms with van der Waals surface area (Å²) < 4.78 is 5.69. The predicted molar refractivity (Wildman–Crippen MR) is 80.4 cm³/mol. The predicted octanol–water partition coefficient (Wildman–Crippen LogP) is 2.36. The van der Waals surface area contributed by atoms with E-state index in [1.165, 1.54) is 0 Å². The van der Waals surface area contributed by atoms with Crippen molar-refractivity contribution < 1.29 is 14.6 Å². The van der Waals surface area contributed by atoms with Gasteiger partial charge < -0.3 is 14.7 Å². The smallest absolute Gasteiger partial charge is 0.163 e. The molecule has 0 heterocycles. The second-order valence-corrected chi connectivity index (χ2v) is 4.99. The zero-order valence-electron chi connectivity index (χ0n) is 12.5. The molecule has 0 aliphatic heterocycles.